The lowest BCUT2D eigenvalue weighted by Gasteiger charge is -2.14. The normalized spacial score (nSPS) is 11.8. The van der Waals surface area contributed by atoms with E-state index in [1.165, 1.54) is 3.97 Å². The molecule has 0 spiro atoms. The quantitative estimate of drug-likeness (QED) is 0.513. The van der Waals surface area contributed by atoms with Crippen molar-refractivity contribution in [3.8, 4) is 11.4 Å². The molecule has 0 N–H and O–H groups in total. The molecular formula is C22H20N2O2S. The van der Waals surface area contributed by atoms with Gasteiger partial charge in [-0.2, -0.15) is 0 Å². The Kier molecular flexibility index (Phi) is 4.32. The Morgan fingerprint density at radius 3 is 2.41 bits per heavy atom. The number of nitrogens with zero attached hydrogens (tertiary/aromatic N) is 2. The predicted molar refractivity (Wildman–Crippen MR) is 108 cm³/mol. The number of hydrogen-bond donors (Lipinski definition) is 0. The van der Waals surface area contributed by atoms with Crippen molar-refractivity contribution in [2.45, 2.75) is 25.2 Å². The van der Waals surface area contributed by atoms with Crippen molar-refractivity contribution < 1.29 is 8.42 Å². The zero-order valence-corrected chi connectivity index (χ0v) is 16.1. The van der Waals surface area contributed by atoms with Crippen LogP contribution in [0.2, 0.25) is 0 Å². The fourth-order valence-corrected chi connectivity index (χ4v) is 5.04. The molecule has 0 aliphatic carbocycles. The zero-order chi connectivity index (χ0) is 19.0. The summed E-state index contributed by atoms with van der Waals surface area (Å²) in [5.41, 5.74) is 4.14. The molecule has 0 unspecified atom stereocenters. The predicted octanol–water partition coefficient (Wildman–Crippen LogP) is 4.81. The molecule has 0 bridgehead atoms. The van der Waals surface area contributed by atoms with Gasteiger partial charge in [0.05, 0.1) is 21.8 Å². The molecule has 0 saturated carbocycles. The number of aryl methyl sites for hydroxylation is 1. The van der Waals surface area contributed by atoms with Gasteiger partial charge in [-0.1, -0.05) is 43.3 Å². The summed E-state index contributed by atoms with van der Waals surface area (Å²) in [5, 5.41) is 0.873. The Morgan fingerprint density at radius 1 is 0.963 bits per heavy atom. The summed E-state index contributed by atoms with van der Waals surface area (Å²) in [6, 6.07) is 19.9. The standard InChI is InChI=1S/C22H20N2O2S/c1-3-19-16(2)13-14-23-22(19)21-15-17-9-7-8-12-20(17)24(21)27(25,26)18-10-5-4-6-11-18/h4-15H,3H2,1-2H3. The molecule has 4 aromatic rings. The molecule has 0 radical (unpaired) electrons. The van der Waals surface area contributed by atoms with E-state index in [2.05, 4.69) is 11.9 Å². The summed E-state index contributed by atoms with van der Waals surface area (Å²) in [6.45, 7) is 4.09. The molecule has 2 aromatic heterocycles. The van der Waals surface area contributed by atoms with E-state index in [1.807, 2.05) is 49.4 Å². The van der Waals surface area contributed by atoms with E-state index in [0.29, 0.717) is 16.9 Å². The van der Waals surface area contributed by atoms with Crippen LogP contribution in [0.25, 0.3) is 22.3 Å². The number of para-hydroxylation sites is 1. The molecule has 0 saturated heterocycles. The summed E-state index contributed by atoms with van der Waals surface area (Å²) >= 11 is 0. The van der Waals surface area contributed by atoms with E-state index in [1.54, 1.807) is 30.5 Å². The molecule has 5 heteroatoms. The zero-order valence-electron chi connectivity index (χ0n) is 15.3. The van der Waals surface area contributed by atoms with Gasteiger partial charge in [0.25, 0.3) is 10.0 Å². The molecule has 0 amide bonds. The Morgan fingerprint density at radius 2 is 1.67 bits per heavy atom. The van der Waals surface area contributed by atoms with Crippen molar-refractivity contribution in [2.24, 2.45) is 0 Å². The largest absolute Gasteiger partial charge is 0.268 e. The Balaban J connectivity index is 2.10. The monoisotopic (exact) mass is 376 g/mol. The second-order valence-corrected chi connectivity index (χ2v) is 8.27. The number of pyridine rings is 1. The first kappa shape index (κ1) is 17.5. The minimum absolute atomic E-state index is 0.262. The molecule has 27 heavy (non-hydrogen) atoms. The molecule has 4 rings (SSSR count). The second-order valence-electron chi connectivity index (χ2n) is 6.48. The first-order valence-electron chi connectivity index (χ1n) is 8.90. The average molecular weight is 376 g/mol. The highest BCUT2D eigenvalue weighted by molar-refractivity contribution is 7.90. The fraction of sp³-hybridized carbons (Fsp3) is 0.136. The van der Waals surface area contributed by atoms with Gasteiger partial charge in [-0.3, -0.25) is 4.98 Å². The summed E-state index contributed by atoms with van der Waals surface area (Å²) in [4.78, 5) is 4.82. The van der Waals surface area contributed by atoms with E-state index in [9.17, 15) is 8.42 Å². The van der Waals surface area contributed by atoms with Crippen LogP contribution in [0, 0.1) is 6.92 Å². The molecular weight excluding hydrogens is 356 g/mol. The number of aromatic nitrogens is 2. The number of fused-ring (bicyclic) bond motifs is 1. The number of rotatable bonds is 4. The Hall–Kier alpha value is -2.92. The average Bonchev–Trinajstić information content (AvgIpc) is 3.08. The topological polar surface area (TPSA) is 52.0 Å². The van der Waals surface area contributed by atoms with E-state index in [0.717, 1.165) is 22.9 Å². The molecule has 0 atom stereocenters. The summed E-state index contributed by atoms with van der Waals surface area (Å²) in [7, 11) is -3.76. The Bertz CT molecular complexity index is 1230. The van der Waals surface area contributed by atoms with Crippen LogP contribution in [0.5, 0.6) is 0 Å². The van der Waals surface area contributed by atoms with Crippen LogP contribution in [0.4, 0.5) is 0 Å². The maximum absolute atomic E-state index is 13.5. The lowest BCUT2D eigenvalue weighted by atomic mass is 10.0. The first-order valence-corrected chi connectivity index (χ1v) is 10.3. The number of hydrogen-bond acceptors (Lipinski definition) is 3. The van der Waals surface area contributed by atoms with Gasteiger partial charge in [0.2, 0.25) is 0 Å². The van der Waals surface area contributed by atoms with Gasteiger partial charge in [-0.25, -0.2) is 12.4 Å². The third-order valence-electron chi connectivity index (χ3n) is 4.83. The second kappa shape index (κ2) is 6.67. The van der Waals surface area contributed by atoms with E-state index in [4.69, 9.17) is 0 Å². The van der Waals surface area contributed by atoms with Gasteiger partial charge in [-0.15, -0.1) is 0 Å². The summed E-state index contributed by atoms with van der Waals surface area (Å²) in [6.07, 6.45) is 2.52. The lowest BCUT2D eigenvalue weighted by molar-refractivity contribution is 0.589. The SMILES string of the molecule is CCc1c(C)ccnc1-c1cc2ccccc2n1S(=O)(=O)c1ccccc1. The minimum atomic E-state index is -3.76. The van der Waals surface area contributed by atoms with E-state index >= 15 is 0 Å². The van der Waals surface area contributed by atoms with Gasteiger partial charge >= 0.3 is 0 Å². The smallest absolute Gasteiger partial charge is 0.254 e. The molecule has 4 nitrogen and oxygen atoms in total. The fourth-order valence-electron chi connectivity index (χ4n) is 3.51. The van der Waals surface area contributed by atoms with Crippen LogP contribution < -0.4 is 0 Å². The maximum Gasteiger partial charge on any atom is 0.268 e. The summed E-state index contributed by atoms with van der Waals surface area (Å²) < 4.78 is 28.5. The van der Waals surface area contributed by atoms with Crippen LogP contribution in [0.3, 0.4) is 0 Å². The van der Waals surface area contributed by atoms with Crippen LogP contribution in [-0.2, 0) is 16.4 Å². The van der Waals surface area contributed by atoms with Gasteiger partial charge in [0, 0.05) is 11.6 Å². The van der Waals surface area contributed by atoms with Crippen LogP contribution in [0.15, 0.2) is 77.8 Å². The highest BCUT2D eigenvalue weighted by atomic mass is 32.2. The van der Waals surface area contributed by atoms with Crippen molar-refractivity contribution in [2.75, 3.05) is 0 Å². The van der Waals surface area contributed by atoms with Gasteiger partial charge in [0.1, 0.15) is 0 Å². The third-order valence-corrected chi connectivity index (χ3v) is 6.58. The maximum atomic E-state index is 13.5. The van der Waals surface area contributed by atoms with Crippen LogP contribution in [0.1, 0.15) is 18.1 Å². The molecule has 2 aromatic carbocycles. The summed E-state index contributed by atoms with van der Waals surface area (Å²) in [5.74, 6) is 0. The van der Waals surface area contributed by atoms with Crippen LogP contribution in [-0.4, -0.2) is 17.4 Å². The van der Waals surface area contributed by atoms with Gasteiger partial charge < -0.3 is 0 Å². The van der Waals surface area contributed by atoms with Crippen molar-refractivity contribution in [3.63, 3.8) is 0 Å². The molecule has 0 aliphatic rings. The van der Waals surface area contributed by atoms with Crippen LogP contribution >= 0.6 is 0 Å². The van der Waals surface area contributed by atoms with Gasteiger partial charge in [0.15, 0.2) is 0 Å². The lowest BCUT2D eigenvalue weighted by Crippen LogP contribution is -2.15. The third kappa shape index (κ3) is 2.84. The van der Waals surface area contributed by atoms with Crippen molar-refractivity contribution in [1.82, 2.24) is 8.96 Å². The highest BCUT2D eigenvalue weighted by Gasteiger charge is 2.25. The molecule has 0 fully saturated rings. The minimum Gasteiger partial charge on any atom is -0.254 e. The molecule has 0 aliphatic heterocycles. The highest BCUT2D eigenvalue weighted by Crippen LogP contribution is 2.33. The van der Waals surface area contributed by atoms with Crippen molar-refractivity contribution in [1.29, 1.82) is 0 Å². The molecule has 136 valence electrons. The van der Waals surface area contributed by atoms with Crippen molar-refractivity contribution >= 4 is 20.9 Å². The van der Waals surface area contributed by atoms with E-state index in [-0.39, 0.29) is 4.90 Å². The Labute approximate surface area is 159 Å². The van der Waals surface area contributed by atoms with Crippen molar-refractivity contribution in [3.05, 3.63) is 84.1 Å². The van der Waals surface area contributed by atoms with E-state index < -0.39 is 10.0 Å². The first-order chi connectivity index (χ1) is 13.0. The molecule has 2 heterocycles. The number of benzene rings is 2. The van der Waals surface area contributed by atoms with Gasteiger partial charge in [-0.05, 0) is 54.8 Å².